The Labute approximate surface area is 138 Å². The van der Waals surface area contributed by atoms with Crippen LogP contribution in [0.2, 0.25) is 19.6 Å². The van der Waals surface area contributed by atoms with E-state index in [1.807, 2.05) is 0 Å². The molecule has 0 aliphatic carbocycles. The first-order chi connectivity index (χ1) is 10.7. The highest BCUT2D eigenvalue weighted by atomic mass is 28.3. The Balaban J connectivity index is 4.71. The lowest BCUT2D eigenvalue weighted by molar-refractivity contribution is -0.148. The van der Waals surface area contributed by atoms with Gasteiger partial charge in [0.05, 0.1) is 13.2 Å². The molecule has 0 aliphatic heterocycles. The quantitative estimate of drug-likeness (QED) is 0.103. The molecule has 0 aliphatic rings. The largest absolute Gasteiger partial charge is 0.462 e. The summed E-state index contributed by atoms with van der Waals surface area (Å²) in [5.74, 6) is 0.311. The fourth-order valence-electron chi connectivity index (χ4n) is 1.31. The van der Waals surface area contributed by atoms with E-state index in [0.717, 1.165) is 6.08 Å². The van der Waals surface area contributed by atoms with Gasteiger partial charge in [0.15, 0.2) is 5.57 Å². The molecule has 0 unspecified atom stereocenters. The number of rotatable bonds is 7. The van der Waals surface area contributed by atoms with Gasteiger partial charge in [-0.2, -0.15) is 0 Å². The van der Waals surface area contributed by atoms with Crippen LogP contribution in [0.3, 0.4) is 0 Å². The number of carbonyl (C=O) groups is 3. The average Bonchev–Trinajstić information content (AvgIpc) is 2.43. The molecular formula is C16H24O6Si. The summed E-state index contributed by atoms with van der Waals surface area (Å²) in [6.07, 6.45) is 1.19. The molecule has 0 aromatic carbocycles. The number of carbonyl (C=O) groups excluding carboxylic acids is 3. The molecule has 0 amide bonds. The molecule has 0 aromatic rings. The number of hydrogen-bond donors (Lipinski definition) is 0. The van der Waals surface area contributed by atoms with E-state index in [0.29, 0.717) is 6.42 Å². The van der Waals surface area contributed by atoms with Crippen molar-refractivity contribution in [2.45, 2.75) is 39.9 Å². The van der Waals surface area contributed by atoms with Crippen molar-refractivity contribution in [3.05, 3.63) is 11.6 Å². The maximum atomic E-state index is 11.7. The first-order valence-electron chi connectivity index (χ1n) is 7.44. The van der Waals surface area contributed by atoms with Crippen LogP contribution in [0.5, 0.6) is 0 Å². The Kier molecular flexibility index (Phi) is 9.66. The predicted octanol–water partition coefficient (Wildman–Crippen LogP) is 1.85. The molecule has 6 nitrogen and oxygen atoms in total. The van der Waals surface area contributed by atoms with Gasteiger partial charge in [-0.3, -0.25) is 0 Å². The zero-order valence-corrected chi connectivity index (χ0v) is 15.4. The predicted molar refractivity (Wildman–Crippen MR) is 88.0 cm³/mol. The first-order valence-corrected chi connectivity index (χ1v) is 10.9. The standard InChI is InChI=1S/C16H24O6Si/c1-6-20-15(18)13(16(19)21-7-2)12-14(17)22-10-8-9-11-23(3,4)5/h12H,6-8,10H2,1-5H3. The summed E-state index contributed by atoms with van der Waals surface area (Å²) < 4.78 is 14.4. The highest BCUT2D eigenvalue weighted by Gasteiger charge is 2.22. The minimum Gasteiger partial charge on any atom is -0.462 e. The molecule has 0 spiro atoms. The molecule has 0 bridgehead atoms. The Morgan fingerprint density at radius 3 is 1.91 bits per heavy atom. The molecule has 0 saturated carbocycles. The Bertz CT molecular complexity index is 499. The van der Waals surface area contributed by atoms with E-state index >= 15 is 0 Å². The van der Waals surface area contributed by atoms with E-state index in [9.17, 15) is 14.4 Å². The highest BCUT2D eigenvalue weighted by Crippen LogP contribution is 2.03. The number of ether oxygens (including phenoxy) is 3. The molecule has 0 rings (SSSR count). The lowest BCUT2D eigenvalue weighted by atomic mass is 10.2. The maximum absolute atomic E-state index is 11.7. The van der Waals surface area contributed by atoms with Gasteiger partial charge in [-0.05, 0) is 13.8 Å². The maximum Gasteiger partial charge on any atom is 0.345 e. The zero-order valence-electron chi connectivity index (χ0n) is 14.4. The van der Waals surface area contributed by atoms with Gasteiger partial charge in [0.2, 0.25) is 0 Å². The van der Waals surface area contributed by atoms with Gasteiger partial charge < -0.3 is 14.2 Å². The van der Waals surface area contributed by atoms with Crippen molar-refractivity contribution in [3.8, 4) is 11.5 Å². The lowest BCUT2D eigenvalue weighted by Gasteiger charge is -2.06. The van der Waals surface area contributed by atoms with Crippen LogP contribution in [-0.4, -0.2) is 45.8 Å². The molecule has 7 heteroatoms. The SMILES string of the molecule is CCOC(=O)C(=CC(=O)OCCC#C[Si](C)(C)C)C(=O)OCC. The third-order valence-corrected chi connectivity index (χ3v) is 3.11. The van der Waals surface area contributed by atoms with Crippen LogP contribution in [0.25, 0.3) is 0 Å². The monoisotopic (exact) mass is 340 g/mol. The van der Waals surface area contributed by atoms with E-state index < -0.39 is 31.6 Å². The Hall–Kier alpha value is -2.07. The van der Waals surface area contributed by atoms with Crippen LogP contribution >= 0.6 is 0 Å². The Morgan fingerprint density at radius 1 is 0.957 bits per heavy atom. The summed E-state index contributed by atoms with van der Waals surface area (Å²) in [5.41, 5.74) is 2.66. The Morgan fingerprint density at radius 2 is 1.48 bits per heavy atom. The first kappa shape index (κ1) is 20.9. The fraction of sp³-hybridized carbons (Fsp3) is 0.562. The molecule has 23 heavy (non-hydrogen) atoms. The molecule has 0 heterocycles. The van der Waals surface area contributed by atoms with Crippen LogP contribution < -0.4 is 0 Å². The molecule has 0 saturated heterocycles. The molecule has 0 radical (unpaired) electrons. The molecule has 0 N–H and O–H groups in total. The smallest absolute Gasteiger partial charge is 0.345 e. The van der Waals surface area contributed by atoms with Crippen molar-refractivity contribution in [2.75, 3.05) is 19.8 Å². The van der Waals surface area contributed by atoms with Gasteiger partial charge in [0.1, 0.15) is 14.7 Å². The van der Waals surface area contributed by atoms with Crippen molar-refractivity contribution >= 4 is 26.0 Å². The van der Waals surface area contributed by atoms with Gasteiger partial charge in [0, 0.05) is 12.5 Å². The van der Waals surface area contributed by atoms with Gasteiger partial charge in [-0.15, -0.1) is 11.5 Å². The summed E-state index contributed by atoms with van der Waals surface area (Å²) in [6, 6.07) is 0. The van der Waals surface area contributed by atoms with Gasteiger partial charge in [-0.25, -0.2) is 14.4 Å². The number of esters is 3. The third-order valence-electron chi connectivity index (χ3n) is 2.19. The topological polar surface area (TPSA) is 78.9 Å². The van der Waals surface area contributed by atoms with Crippen molar-refractivity contribution < 1.29 is 28.6 Å². The summed E-state index contributed by atoms with van der Waals surface area (Å²) in [6.45, 7) is 9.77. The molecule has 0 atom stereocenters. The molecule has 0 fully saturated rings. The van der Waals surface area contributed by atoms with E-state index in [1.165, 1.54) is 0 Å². The van der Waals surface area contributed by atoms with E-state index in [2.05, 4.69) is 31.1 Å². The van der Waals surface area contributed by atoms with Crippen LogP contribution in [0.1, 0.15) is 20.3 Å². The van der Waals surface area contributed by atoms with Gasteiger partial charge in [0.25, 0.3) is 0 Å². The van der Waals surface area contributed by atoms with Crippen molar-refractivity contribution in [2.24, 2.45) is 0 Å². The summed E-state index contributed by atoms with van der Waals surface area (Å²) in [5, 5.41) is 0. The van der Waals surface area contributed by atoms with Crippen molar-refractivity contribution in [1.82, 2.24) is 0 Å². The fourth-order valence-corrected chi connectivity index (χ4v) is 1.96. The minimum atomic E-state index is -1.44. The molecule has 0 aromatic heterocycles. The lowest BCUT2D eigenvalue weighted by Crippen LogP contribution is -2.20. The van der Waals surface area contributed by atoms with E-state index in [1.54, 1.807) is 13.8 Å². The van der Waals surface area contributed by atoms with Crippen LogP contribution in [0.4, 0.5) is 0 Å². The third kappa shape index (κ3) is 10.3. The van der Waals surface area contributed by atoms with Crippen molar-refractivity contribution in [3.63, 3.8) is 0 Å². The average molecular weight is 340 g/mol. The van der Waals surface area contributed by atoms with Crippen LogP contribution in [0, 0.1) is 11.5 Å². The normalized spacial score (nSPS) is 9.96. The highest BCUT2D eigenvalue weighted by molar-refractivity contribution is 6.83. The number of hydrogen-bond acceptors (Lipinski definition) is 6. The van der Waals surface area contributed by atoms with Crippen LogP contribution in [-0.2, 0) is 28.6 Å². The summed E-state index contributed by atoms with van der Waals surface area (Å²) in [4.78, 5) is 35.0. The van der Waals surface area contributed by atoms with Gasteiger partial charge >= 0.3 is 17.9 Å². The summed E-state index contributed by atoms with van der Waals surface area (Å²) in [7, 11) is -1.44. The molecular weight excluding hydrogens is 316 g/mol. The second-order valence-electron chi connectivity index (χ2n) is 5.47. The minimum absolute atomic E-state index is 0.0803. The summed E-state index contributed by atoms with van der Waals surface area (Å²) >= 11 is 0. The van der Waals surface area contributed by atoms with Crippen LogP contribution in [0.15, 0.2) is 11.6 Å². The second kappa shape index (κ2) is 10.6. The van der Waals surface area contributed by atoms with Crippen molar-refractivity contribution in [1.29, 1.82) is 0 Å². The second-order valence-corrected chi connectivity index (χ2v) is 10.2. The van der Waals surface area contributed by atoms with E-state index in [4.69, 9.17) is 14.2 Å². The van der Waals surface area contributed by atoms with Gasteiger partial charge in [-0.1, -0.05) is 19.6 Å². The van der Waals surface area contributed by atoms with E-state index in [-0.39, 0.29) is 19.8 Å². The molecule has 128 valence electrons. The zero-order chi connectivity index (χ0) is 17.9.